The Kier molecular flexibility index (Phi) is 3.87. The van der Waals surface area contributed by atoms with Crippen LogP contribution in [0.15, 0.2) is 36.8 Å². The smallest absolute Gasteiger partial charge is 0.137 e. The summed E-state index contributed by atoms with van der Waals surface area (Å²) in [6, 6.07) is 8.84. The summed E-state index contributed by atoms with van der Waals surface area (Å²) in [6.07, 6.45) is 6.30. The van der Waals surface area contributed by atoms with Crippen LogP contribution in [0.25, 0.3) is 10.9 Å². The topological polar surface area (TPSA) is 49.7 Å². The Morgan fingerprint density at radius 2 is 2.26 bits per heavy atom. The number of aryl methyl sites for hydroxylation is 1. The highest BCUT2D eigenvalue weighted by atomic mass is 15.3. The van der Waals surface area contributed by atoms with Gasteiger partial charge in [-0.15, -0.1) is 10.2 Å². The van der Waals surface area contributed by atoms with Crippen molar-refractivity contribution in [3.63, 3.8) is 0 Å². The zero-order valence-electron chi connectivity index (χ0n) is 13.6. The molecule has 0 saturated carbocycles. The summed E-state index contributed by atoms with van der Waals surface area (Å²) >= 11 is 0. The minimum Gasteiger partial charge on any atom is -0.361 e. The van der Waals surface area contributed by atoms with Gasteiger partial charge in [-0.05, 0) is 49.4 Å². The number of piperidine rings is 1. The molecule has 23 heavy (non-hydrogen) atoms. The van der Waals surface area contributed by atoms with Crippen molar-refractivity contribution < 1.29 is 0 Å². The fraction of sp³-hybridized carbons (Fsp3) is 0.444. The number of hydrogen-bond donors (Lipinski definition) is 1. The Hall–Kier alpha value is -2.14. The number of benzene rings is 1. The van der Waals surface area contributed by atoms with Crippen molar-refractivity contribution in [1.82, 2.24) is 24.6 Å². The van der Waals surface area contributed by atoms with Crippen molar-refractivity contribution in [2.45, 2.75) is 38.8 Å². The third-order valence-corrected chi connectivity index (χ3v) is 4.88. The maximum absolute atomic E-state index is 4.37. The summed E-state index contributed by atoms with van der Waals surface area (Å²) in [5, 5.41) is 9.74. The number of fused-ring (bicyclic) bond motifs is 1. The standard InChI is InChI=1S/C18H23N5/c1-2-23-13-20-21-18(23)16-4-3-9-22(12-16)11-14-5-6-15-7-8-19-17(15)10-14/h5-8,10,13,16,19H,2-4,9,11-12H2,1H3. The predicted octanol–water partition coefficient (Wildman–Crippen LogP) is 3.16. The second-order valence-electron chi connectivity index (χ2n) is 6.45. The molecule has 1 atom stereocenters. The largest absolute Gasteiger partial charge is 0.361 e. The number of aromatic nitrogens is 4. The fourth-order valence-corrected chi connectivity index (χ4v) is 3.69. The van der Waals surface area contributed by atoms with Crippen LogP contribution in [0, 0.1) is 0 Å². The van der Waals surface area contributed by atoms with E-state index in [-0.39, 0.29) is 0 Å². The minimum absolute atomic E-state index is 0.500. The first kappa shape index (κ1) is 14.5. The van der Waals surface area contributed by atoms with Gasteiger partial charge in [0.05, 0.1) is 0 Å². The lowest BCUT2D eigenvalue weighted by Gasteiger charge is -2.32. The van der Waals surface area contributed by atoms with Gasteiger partial charge in [-0.3, -0.25) is 4.90 Å². The molecule has 0 radical (unpaired) electrons. The number of aromatic amines is 1. The summed E-state index contributed by atoms with van der Waals surface area (Å²) in [6.45, 7) is 6.34. The summed E-state index contributed by atoms with van der Waals surface area (Å²) in [5.41, 5.74) is 2.60. The van der Waals surface area contributed by atoms with Crippen molar-refractivity contribution in [1.29, 1.82) is 0 Å². The van der Waals surface area contributed by atoms with Gasteiger partial charge >= 0.3 is 0 Å². The molecule has 120 valence electrons. The summed E-state index contributed by atoms with van der Waals surface area (Å²) < 4.78 is 2.18. The van der Waals surface area contributed by atoms with E-state index in [9.17, 15) is 0 Å². The third-order valence-electron chi connectivity index (χ3n) is 4.88. The van der Waals surface area contributed by atoms with E-state index in [0.29, 0.717) is 5.92 Å². The van der Waals surface area contributed by atoms with E-state index in [1.54, 1.807) is 0 Å². The van der Waals surface area contributed by atoms with Crippen LogP contribution in [0.4, 0.5) is 0 Å². The predicted molar refractivity (Wildman–Crippen MR) is 91.2 cm³/mol. The van der Waals surface area contributed by atoms with E-state index >= 15 is 0 Å². The molecule has 1 fully saturated rings. The molecule has 1 N–H and O–H groups in total. The first-order valence-corrected chi connectivity index (χ1v) is 8.49. The zero-order chi connectivity index (χ0) is 15.6. The highest BCUT2D eigenvalue weighted by Gasteiger charge is 2.25. The van der Waals surface area contributed by atoms with E-state index in [0.717, 1.165) is 25.5 Å². The van der Waals surface area contributed by atoms with Crippen molar-refractivity contribution >= 4 is 10.9 Å². The van der Waals surface area contributed by atoms with Gasteiger partial charge in [-0.1, -0.05) is 12.1 Å². The van der Waals surface area contributed by atoms with Crippen LogP contribution in [-0.4, -0.2) is 37.7 Å². The van der Waals surface area contributed by atoms with E-state index in [4.69, 9.17) is 0 Å². The average Bonchev–Trinajstić information content (AvgIpc) is 3.23. The molecule has 3 heterocycles. The lowest BCUT2D eigenvalue weighted by atomic mass is 9.96. The SMILES string of the molecule is CCn1cnnc1C1CCCN(Cc2ccc3cc[nH]c3c2)C1. The summed E-state index contributed by atoms with van der Waals surface area (Å²) in [4.78, 5) is 5.85. The molecule has 1 saturated heterocycles. The highest BCUT2D eigenvalue weighted by molar-refractivity contribution is 5.79. The van der Waals surface area contributed by atoms with Crippen LogP contribution in [0.3, 0.4) is 0 Å². The van der Waals surface area contributed by atoms with Gasteiger partial charge in [0, 0.05) is 37.3 Å². The van der Waals surface area contributed by atoms with Crippen LogP contribution in [0.1, 0.15) is 37.1 Å². The number of H-pyrrole nitrogens is 1. The summed E-state index contributed by atoms with van der Waals surface area (Å²) in [5.74, 6) is 1.65. The molecule has 1 aliphatic heterocycles. The van der Waals surface area contributed by atoms with Crippen molar-refractivity contribution in [3.8, 4) is 0 Å². The number of likely N-dealkylation sites (tertiary alicyclic amines) is 1. The second kappa shape index (κ2) is 6.16. The van der Waals surface area contributed by atoms with Crippen LogP contribution >= 0.6 is 0 Å². The first-order valence-electron chi connectivity index (χ1n) is 8.49. The van der Waals surface area contributed by atoms with Crippen molar-refractivity contribution in [2.75, 3.05) is 13.1 Å². The molecule has 0 bridgehead atoms. The molecular formula is C18H23N5. The van der Waals surface area contributed by atoms with Crippen LogP contribution < -0.4 is 0 Å². The molecular weight excluding hydrogens is 286 g/mol. The number of nitrogens with zero attached hydrogens (tertiary/aromatic N) is 4. The van der Waals surface area contributed by atoms with Crippen molar-refractivity contribution in [2.24, 2.45) is 0 Å². The van der Waals surface area contributed by atoms with Gasteiger partial charge < -0.3 is 9.55 Å². The molecule has 2 aromatic heterocycles. The second-order valence-corrected chi connectivity index (χ2v) is 6.45. The van der Waals surface area contributed by atoms with Crippen molar-refractivity contribution in [3.05, 3.63) is 48.2 Å². The Morgan fingerprint density at radius 1 is 1.30 bits per heavy atom. The number of nitrogens with one attached hydrogen (secondary N) is 1. The highest BCUT2D eigenvalue weighted by Crippen LogP contribution is 2.27. The van der Waals surface area contributed by atoms with Crippen LogP contribution in [-0.2, 0) is 13.1 Å². The van der Waals surface area contributed by atoms with E-state index in [1.807, 2.05) is 12.5 Å². The van der Waals surface area contributed by atoms with E-state index < -0.39 is 0 Å². The number of hydrogen-bond acceptors (Lipinski definition) is 3. The Bertz CT molecular complexity index is 787. The molecule has 0 aliphatic carbocycles. The molecule has 0 amide bonds. The average molecular weight is 309 g/mol. The first-order chi connectivity index (χ1) is 11.3. The normalized spacial score (nSPS) is 19.4. The van der Waals surface area contributed by atoms with Gasteiger partial charge in [0.15, 0.2) is 0 Å². The lowest BCUT2D eigenvalue weighted by molar-refractivity contribution is 0.194. The van der Waals surface area contributed by atoms with Crippen LogP contribution in [0.5, 0.6) is 0 Å². The molecule has 1 unspecified atom stereocenters. The Balaban J connectivity index is 1.48. The molecule has 5 heteroatoms. The van der Waals surface area contributed by atoms with Gasteiger partial charge in [-0.2, -0.15) is 0 Å². The minimum atomic E-state index is 0.500. The Labute approximate surface area is 136 Å². The Morgan fingerprint density at radius 3 is 3.17 bits per heavy atom. The van der Waals surface area contributed by atoms with E-state index in [2.05, 4.69) is 55.8 Å². The molecule has 4 rings (SSSR count). The van der Waals surface area contributed by atoms with Gasteiger partial charge in [0.25, 0.3) is 0 Å². The summed E-state index contributed by atoms with van der Waals surface area (Å²) in [7, 11) is 0. The third kappa shape index (κ3) is 2.88. The number of rotatable bonds is 4. The van der Waals surface area contributed by atoms with Crippen LogP contribution in [0.2, 0.25) is 0 Å². The maximum Gasteiger partial charge on any atom is 0.137 e. The molecule has 1 aliphatic rings. The maximum atomic E-state index is 4.37. The monoisotopic (exact) mass is 309 g/mol. The van der Waals surface area contributed by atoms with Gasteiger partial charge in [0.2, 0.25) is 0 Å². The van der Waals surface area contributed by atoms with E-state index in [1.165, 1.54) is 35.9 Å². The quantitative estimate of drug-likeness (QED) is 0.805. The molecule has 5 nitrogen and oxygen atoms in total. The molecule has 3 aromatic rings. The van der Waals surface area contributed by atoms with Gasteiger partial charge in [-0.25, -0.2) is 0 Å². The fourth-order valence-electron chi connectivity index (χ4n) is 3.69. The molecule has 0 spiro atoms. The lowest BCUT2D eigenvalue weighted by Crippen LogP contribution is -2.34. The van der Waals surface area contributed by atoms with Gasteiger partial charge in [0.1, 0.15) is 12.2 Å². The molecule has 1 aromatic carbocycles. The zero-order valence-corrected chi connectivity index (χ0v) is 13.6.